The number of benzene rings is 1. The molecule has 0 aromatic heterocycles. The Bertz CT molecular complexity index is 494. The number of halogens is 1. The second kappa shape index (κ2) is 7.28. The molecule has 5 nitrogen and oxygen atoms in total. The zero-order valence-electron chi connectivity index (χ0n) is 11.8. The highest BCUT2D eigenvalue weighted by atomic mass is 79.9. The van der Waals surface area contributed by atoms with E-state index in [1.165, 1.54) is 0 Å². The van der Waals surface area contributed by atoms with E-state index in [1.807, 2.05) is 32.9 Å². The fourth-order valence-electron chi connectivity index (χ4n) is 1.93. The number of urea groups is 1. The Kier molecular flexibility index (Phi) is 6.01. The van der Waals surface area contributed by atoms with Gasteiger partial charge in [0, 0.05) is 4.47 Å². The molecular weight excluding hydrogens is 324 g/mol. The van der Waals surface area contributed by atoms with Crippen molar-refractivity contribution in [2.75, 3.05) is 5.32 Å². The fraction of sp³-hybridized carbons (Fsp3) is 0.429. The van der Waals surface area contributed by atoms with Gasteiger partial charge < -0.3 is 15.7 Å². The fourth-order valence-corrected chi connectivity index (χ4v) is 2.70. The summed E-state index contributed by atoms with van der Waals surface area (Å²) in [6.45, 7) is 5.72. The van der Waals surface area contributed by atoms with E-state index in [0.29, 0.717) is 18.5 Å². The molecule has 0 radical (unpaired) electrons. The van der Waals surface area contributed by atoms with Gasteiger partial charge in [0.25, 0.3) is 0 Å². The summed E-state index contributed by atoms with van der Waals surface area (Å²) in [7, 11) is 0. The summed E-state index contributed by atoms with van der Waals surface area (Å²) in [6, 6.07) is 2.45. The summed E-state index contributed by atoms with van der Waals surface area (Å²) in [5, 5.41) is 14.2. The van der Waals surface area contributed by atoms with Gasteiger partial charge in [0.05, 0.1) is 5.69 Å². The zero-order chi connectivity index (χ0) is 15.3. The van der Waals surface area contributed by atoms with Gasteiger partial charge in [-0.15, -0.1) is 0 Å². The number of carbonyl (C=O) groups is 2. The van der Waals surface area contributed by atoms with Crippen LogP contribution in [0.15, 0.2) is 16.6 Å². The van der Waals surface area contributed by atoms with Gasteiger partial charge in [-0.1, -0.05) is 19.4 Å². The molecule has 3 N–H and O–H groups in total. The van der Waals surface area contributed by atoms with E-state index in [2.05, 4.69) is 26.6 Å². The number of aliphatic carboxylic acids is 1. The monoisotopic (exact) mass is 342 g/mol. The third-order valence-electron chi connectivity index (χ3n) is 2.85. The molecule has 0 aliphatic carbocycles. The number of rotatable bonds is 5. The third kappa shape index (κ3) is 4.52. The number of hydrogen-bond donors (Lipinski definition) is 3. The lowest BCUT2D eigenvalue weighted by Crippen LogP contribution is -2.43. The molecule has 0 spiro atoms. The Balaban J connectivity index is 2.78. The smallest absolute Gasteiger partial charge is 0.326 e. The van der Waals surface area contributed by atoms with Crippen LogP contribution in [-0.4, -0.2) is 23.1 Å². The molecule has 1 aromatic rings. The Morgan fingerprint density at radius 1 is 1.35 bits per heavy atom. The second-order valence-corrected chi connectivity index (χ2v) is 5.57. The topological polar surface area (TPSA) is 78.4 Å². The number of hydrogen-bond acceptors (Lipinski definition) is 2. The molecule has 2 amide bonds. The standard InChI is InChI=1S/C14H19BrN2O3/c1-4-5-11(13(18)19)16-14(20)17-12-9(3)6-8(2)7-10(12)15/h6-7,11H,4-5H2,1-3H3,(H,18,19)(H2,16,17,20)/t11-/m1/s1. The van der Waals surface area contributed by atoms with Crippen LogP contribution in [0, 0.1) is 13.8 Å². The van der Waals surface area contributed by atoms with Gasteiger partial charge in [-0.2, -0.15) is 0 Å². The van der Waals surface area contributed by atoms with Gasteiger partial charge in [0.1, 0.15) is 6.04 Å². The van der Waals surface area contributed by atoms with Crippen LogP contribution in [-0.2, 0) is 4.79 Å². The van der Waals surface area contributed by atoms with E-state index in [4.69, 9.17) is 5.11 Å². The lowest BCUT2D eigenvalue weighted by Gasteiger charge is -2.16. The maximum Gasteiger partial charge on any atom is 0.326 e. The van der Waals surface area contributed by atoms with Crippen molar-refractivity contribution in [1.29, 1.82) is 0 Å². The molecule has 0 unspecified atom stereocenters. The third-order valence-corrected chi connectivity index (χ3v) is 3.48. The van der Waals surface area contributed by atoms with E-state index in [9.17, 15) is 9.59 Å². The van der Waals surface area contributed by atoms with Crippen LogP contribution in [0.3, 0.4) is 0 Å². The number of carboxylic acids is 1. The molecule has 0 aliphatic rings. The second-order valence-electron chi connectivity index (χ2n) is 4.72. The largest absolute Gasteiger partial charge is 0.480 e. The first-order valence-corrected chi connectivity index (χ1v) is 7.21. The molecule has 0 heterocycles. The van der Waals surface area contributed by atoms with E-state index < -0.39 is 18.0 Å². The lowest BCUT2D eigenvalue weighted by molar-refractivity contribution is -0.139. The van der Waals surface area contributed by atoms with Gasteiger partial charge in [0.2, 0.25) is 0 Å². The maximum absolute atomic E-state index is 11.9. The van der Waals surface area contributed by atoms with Crippen LogP contribution in [0.1, 0.15) is 30.9 Å². The Labute approximate surface area is 126 Å². The Morgan fingerprint density at radius 2 is 2.00 bits per heavy atom. The van der Waals surface area contributed by atoms with Crippen LogP contribution in [0.5, 0.6) is 0 Å². The predicted molar refractivity (Wildman–Crippen MR) is 82.1 cm³/mol. The van der Waals surface area contributed by atoms with Crippen molar-refractivity contribution >= 4 is 33.6 Å². The van der Waals surface area contributed by atoms with Crippen molar-refractivity contribution in [3.8, 4) is 0 Å². The molecule has 6 heteroatoms. The van der Waals surface area contributed by atoms with Crippen molar-refractivity contribution in [2.24, 2.45) is 0 Å². The SMILES string of the molecule is CCC[C@@H](NC(=O)Nc1c(C)cc(C)cc1Br)C(=O)O. The van der Waals surface area contributed by atoms with Gasteiger partial charge in [-0.25, -0.2) is 9.59 Å². The van der Waals surface area contributed by atoms with Crippen LogP contribution < -0.4 is 10.6 Å². The lowest BCUT2D eigenvalue weighted by atomic mass is 10.1. The predicted octanol–water partition coefficient (Wildman–Crippen LogP) is 3.44. The van der Waals surface area contributed by atoms with E-state index in [0.717, 1.165) is 15.6 Å². The van der Waals surface area contributed by atoms with Gasteiger partial charge in [-0.3, -0.25) is 0 Å². The normalized spacial score (nSPS) is 11.8. The first-order chi connectivity index (χ1) is 9.35. The zero-order valence-corrected chi connectivity index (χ0v) is 13.4. The number of amides is 2. The minimum absolute atomic E-state index is 0.400. The van der Waals surface area contributed by atoms with Crippen molar-refractivity contribution in [3.05, 3.63) is 27.7 Å². The van der Waals surface area contributed by atoms with Crippen LogP contribution >= 0.6 is 15.9 Å². The average molecular weight is 343 g/mol. The minimum Gasteiger partial charge on any atom is -0.480 e. The average Bonchev–Trinajstić information content (AvgIpc) is 2.33. The molecular formula is C14H19BrN2O3. The Hall–Kier alpha value is -1.56. The number of aryl methyl sites for hydroxylation is 2. The summed E-state index contributed by atoms with van der Waals surface area (Å²) in [5.41, 5.74) is 2.64. The molecule has 0 aliphatic heterocycles. The summed E-state index contributed by atoms with van der Waals surface area (Å²) in [6.07, 6.45) is 1.08. The van der Waals surface area contributed by atoms with Crippen molar-refractivity contribution in [1.82, 2.24) is 5.32 Å². The van der Waals surface area contributed by atoms with Gasteiger partial charge in [0.15, 0.2) is 0 Å². The van der Waals surface area contributed by atoms with E-state index in [-0.39, 0.29) is 0 Å². The highest BCUT2D eigenvalue weighted by molar-refractivity contribution is 9.10. The number of carboxylic acid groups (broad SMARTS) is 1. The Morgan fingerprint density at radius 3 is 2.50 bits per heavy atom. The molecule has 1 rings (SSSR count). The van der Waals surface area contributed by atoms with Crippen molar-refractivity contribution in [2.45, 2.75) is 39.7 Å². The number of anilines is 1. The quantitative estimate of drug-likeness (QED) is 0.766. The highest BCUT2D eigenvalue weighted by Gasteiger charge is 2.19. The number of nitrogens with one attached hydrogen (secondary N) is 2. The first-order valence-electron chi connectivity index (χ1n) is 6.42. The summed E-state index contributed by atoms with van der Waals surface area (Å²) >= 11 is 3.39. The number of carbonyl (C=O) groups excluding carboxylic acids is 1. The summed E-state index contributed by atoms with van der Waals surface area (Å²) in [4.78, 5) is 22.9. The minimum atomic E-state index is -1.03. The highest BCUT2D eigenvalue weighted by Crippen LogP contribution is 2.27. The van der Waals surface area contributed by atoms with E-state index >= 15 is 0 Å². The first kappa shape index (κ1) is 16.5. The molecule has 1 atom stereocenters. The van der Waals surface area contributed by atoms with Gasteiger partial charge in [-0.05, 0) is 53.4 Å². The maximum atomic E-state index is 11.9. The van der Waals surface area contributed by atoms with Crippen molar-refractivity contribution in [3.63, 3.8) is 0 Å². The van der Waals surface area contributed by atoms with Crippen LogP contribution in [0.25, 0.3) is 0 Å². The molecule has 0 fully saturated rings. The van der Waals surface area contributed by atoms with Crippen molar-refractivity contribution < 1.29 is 14.7 Å². The molecule has 20 heavy (non-hydrogen) atoms. The summed E-state index contributed by atoms with van der Waals surface area (Å²) in [5.74, 6) is -1.03. The molecule has 0 saturated carbocycles. The van der Waals surface area contributed by atoms with Gasteiger partial charge >= 0.3 is 12.0 Å². The molecule has 1 aromatic carbocycles. The molecule has 0 bridgehead atoms. The molecule has 110 valence electrons. The summed E-state index contributed by atoms with van der Waals surface area (Å²) < 4.78 is 0.771. The van der Waals surface area contributed by atoms with Crippen LogP contribution in [0.2, 0.25) is 0 Å². The van der Waals surface area contributed by atoms with Crippen LogP contribution in [0.4, 0.5) is 10.5 Å². The van der Waals surface area contributed by atoms with E-state index in [1.54, 1.807) is 0 Å². The molecule has 0 saturated heterocycles.